The highest BCUT2D eigenvalue weighted by molar-refractivity contribution is 6.48. The number of hydrogen-bond donors (Lipinski definition) is 3. The summed E-state index contributed by atoms with van der Waals surface area (Å²) in [6.07, 6.45) is 0. The van der Waals surface area contributed by atoms with Crippen LogP contribution in [0.15, 0.2) is 48.0 Å². The first-order chi connectivity index (χ1) is 16.1. The predicted octanol–water partition coefficient (Wildman–Crippen LogP) is 1.25. The number of aliphatic hydroxyl groups is 3. The molecule has 9 nitrogen and oxygen atoms in total. The van der Waals surface area contributed by atoms with Crippen LogP contribution in [0.2, 0.25) is 0 Å². The predicted molar refractivity (Wildman–Crippen MR) is 118 cm³/mol. The molecule has 1 spiro atoms. The van der Waals surface area contributed by atoms with Crippen molar-refractivity contribution in [2.24, 2.45) is 5.92 Å². The van der Waals surface area contributed by atoms with Crippen molar-refractivity contribution in [3.8, 4) is 11.5 Å². The van der Waals surface area contributed by atoms with Crippen LogP contribution in [0.4, 0.5) is 0 Å². The van der Waals surface area contributed by atoms with Gasteiger partial charge in [0.25, 0.3) is 17.5 Å². The summed E-state index contributed by atoms with van der Waals surface area (Å²) in [5.41, 5.74) is -2.29. The van der Waals surface area contributed by atoms with Crippen LogP contribution in [-0.2, 0) is 25.9 Å². The Balaban J connectivity index is 1.86. The molecule has 2 aliphatic heterocycles. The average molecular weight is 467 g/mol. The lowest BCUT2D eigenvalue weighted by molar-refractivity contribution is -0.312. The van der Waals surface area contributed by atoms with Gasteiger partial charge in [0.2, 0.25) is 11.3 Å². The number of carbonyl (C=O) groups excluding carboxylic acids is 2. The summed E-state index contributed by atoms with van der Waals surface area (Å²) in [6, 6.07) is 10.8. The number of hydrogen-bond acceptors (Lipinski definition) is 8. The number of amides is 1. The molecule has 5 rings (SSSR count). The number of fused-ring (bicyclic) bond motifs is 2. The molecule has 3 aliphatic rings. The minimum absolute atomic E-state index is 0.0180. The minimum atomic E-state index is -2.82. The molecule has 0 radical (unpaired) electrons. The van der Waals surface area contributed by atoms with Gasteiger partial charge in [0.1, 0.15) is 5.76 Å². The average Bonchev–Trinajstić information content (AvgIpc) is 3.28. The van der Waals surface area contributed by atoms with Gasteiger partial charge in [0, 0.05) is 23.2 Å². The molecular weight excluding hydrogens is 442 g/mol. The molecule has 1 aliphatic carbocycles. The highest BCUT2D eigenvalue weighted by Crippen LogP contribution is 2.67. The van der Waals surface area contributed by atoms with Gasteiger partial charge in [-0.1, -0.05) is 38.1 Å². The molecule has 1 fully saturated rings. The second-order valence-electron chi connectivity index (χ2n) is 9.09. The summed E-state index contributed by atoms with van der Waals surface area (Å²) in [5, 5.41) is 35.3. The van der Waals surface area contributed by atoms with Crippen LogP contribution in [0.25, 0.3) is 5.76 Å². The maximum Gasteiger partial charge on any atom is 0.296 e. The smallest absolute Gasteiger partial charge is 0.296 e. The molecular formula is C25H25NO8. The van der Waals surface area contributed by atoms with E-state index in [2.05, 4.69) is 0 Å². The minimum Gasteiger partial charge on any atom is -0.493 e. The number of nitrogens with zero attached hydrogens (tertiary/aromatic N) is 1. The summed E-state index contributed by atoms with van der Waals surface area (Å²) >= 11 is 0. The Morgan fingerprint density at radius 3 is 2.24 bits per heavy atom. The number of benzene rings is 2. The Bertz CT molecular complexity index is 1270. The van der Waals surface area contributed by atoms with Crippen molar-refractivity contribution in [3.05, 3.63) is 64.7 Å². The van der Waals surface area contributed by atoms with Crippen molar-refractivity contribution in [1.82, 2.24) is 4.90 Å². The molecule has 2 aromatic carbocycles. The van der Waals surface area contributed by atoms with Crippen LogP contribution >= 0.6 is 0 Å². The Hall–Kier alpha value is -3.40. The molecule has 2 heterocycles. The van der Waals surface area contributed by atoms with Crippen molar-refractivity contribution in [1.29, 1.82) is 0 Å². The Kier molecular flexibility index (Phi) is 4.64. The fraction of sp³-hybridized carbons (Fsp3) is 0.360. The van der Waals surface area contributed by atoms with E-state index in [1.54, 1.807) is 24.3 Å². The lowest BCUT2D eigenvalue weighted by Crippen LogP contribution is -2.66. The van der Waals surface area contributed by atoms with Crippen LogP contribution in [0.5, 0.6) is 11.5 Å². The highest BCUT2D eigenvalue weighted by atomic mass is 16.6. The number of ether oxygens (including phenoxy) is 3. The van der Waals surface area contributed by atoms with E-state index in [0.717, 1.165) is 4.90 Å². The normalized spacial score (nSPS) is 26.5. The third-order valence-electron chi connectivity index (χ3n) is 6.77. The van der Waals surface area contributed by atoms with E-state index in [1.165, 1.54) is 32.4 Å². The number of Topliss-reactive ketones (excluding diaryl/α,β-unsaturated/α-hetero) is 1. The zero-order valence-corrected chi connectivity index (χ0v) is 19.2. The highest BCUT2D eigenvalue weighted by Gasteiger charge is 2.85. The Labute approximate surface area is 195 Å². The summed E-state index contributed by atoms with van der Waals surface area (Å²) < 4.78 is 16.7. The van der Waals surface area contributed by atoms with Gasteiger partial charge in [-0.15, -0.1) is 0 Å². The van der Waals surface area contributed by atoms with E-state index in [4.69, 9.17) is 14.2 Å². The van der Waals surface area contributed by atoms with Crippen molar-refractivity contribution in [2.45, 2.75) is 31.0 Å². The number of rotatable bonds is 5. The molecule has 0 aromatic heterocycles. The van der Waals surface area contributed by atoms with E-state index in [0.29, 0.717) is 17.1 Å². The van der Waals surface area contributed by atoms with Crippen molar-refractivity contribution in [3.63, 3.8) is 0 Å². The first-order valence-electron chi connectivity index (χ1n) is 10.9. The van der Waals surface area contributed by atoms with Crippen LogP contribution in [-0.4, -0.2) is 58.2 Å². The second kappa shape index (κ2) is 7.05. The van der Waals surface area contributed by atoms with E-state index < -0.39 is 28.8 Å². The monoisotopic (exact) mass is 467 g/mol. The van der Waals surface area contributed by atoms with E-state index in [9.17, 15) is 24.9 Å². The maximum absolute atomic E-state index is 13.4. The fourth-order valence-corrected chi connectivity index (χ4v) is 5.47. The summed E-state index contributed by atoms with van der Waals surface area (Å²) in [7, 11) is 2.91. The summed E-state index contributed by atoms with van der Waals surface area (Å²) in [6.45, 7) is 3.62. The topological polar surface area (TPSA) is 126 Å². The van der Waals surface area contributed by atoms with E-state index in [1.807, 2.05) is 13.8 Å². The van der Waals surface area contributed by atoms with Crippen LogP contribution < -0.4 is 9.47 Å². The van der Waals surface area contributed by atoms with Gasteiger partial charge in [-0.05, 0) is 24.1 Å². The molecule has 1 amide bonds. The number of carbonyl (C=O) groups is 2. The molecule has 178 valence electrons. The maximum atomic E-state index is 13.4. The SMILES string of the molecule is COc1ccc(C2=C3C(=O)C(=O)N(CC(C)C)C34C(O)(O)c3ccccc3C4(O)O2)cc1OC. The van der Waals surface area contributed by atoms with Crippen molar-refractivity contribution >= 4 is 17.4 Å². The summed E-state index contributed by atoms with van der Waals surface area (Å²) in [4.78, 5) is 27.8. The van der Waals surface area contributed by atoms with Gasteiger partial charge in [-0.25, -0.2) is 0 Å². The lowest BCUT2D eigenvalue weighted by atomic mass is 9.78. The summed E-state index contributed by atoms with van der Waals surface area (Å²) in [5.74, 6) is -6.70. The third-order valence-corrected chi connectivity index (χ3v) is 6.77. The quantitative estimate of drug-likeness (QED) is 0.443. The third kappa shape index (κ3) is 2.38. The first-order valence-corrected chi connectivity index (χ1v) is 10.9. The van der Waals surface area contributed by atoms with Crippen LogP contribution in [0.1, 0.15) is 30.5 Å². The number of methoxy groups -OCH3 is 2. The zero-order chi connectivity index (χ0) is 24.6. The molecule has 9 heteroatoms. The molecule has 3 N–H and O–H groups in total. The first kappa shape index (κ1) is 22.4. The molecule has 0 bridgehead atoms. The zero-order valence-electron chi connectivity index (χ0n) is 19.2. The largest absolute Gasteiger partial charge is 0.493 e. The van der Waals surface area contributed by atoms with Gasteiger partial charge in [-0.2, -0.15) is 0 Å². The van der Waals surface area contributed by atoms with E-state index >= 15 is 0 Å². The van der Waals surface area contributed by atoms with E-state index in [-0.39, 0.29) is 34.9 Å². The second-order valence-corrected chi connectivity index (χ2v) is 9.09. The molecule has 2 atom stereocenters. The molecule has 0 saturated carbocycles. The van der Waals surface area contributed by atoms with Gasteiger partial charge < -0.3 is 34.4 Å². The number of likely N-dealkylation sites (tertiary alicyclic amines) is 1. The van der Waals surface area contributed by atoms with Gasteiger partial charge >= 0.3 is 0 Å². The van der Waals surface area contributed by atoms with Gasteiger partial charge in [-0.3, -0.25) is 9.59 Å². The molecule has 2 aromatic rings. The molecule has 1 saturated heterocycles. The Morgan fingerprint density at radius 1 is 0.971 bits per heavy atom. The van der Waals surface area contributed by atoms with Gasteiger partial charge in [0.05, 0.1) is 19.8 Å². The number of ketones is 1. The van der Waals surface area contributed by atoms with Crippen LogP contribution in [0.3, 0.4) is 0 Å². The molecule has 34 heavy (non-hydrogen) atoms. The lowest BCUT2D eigenvalue weighted by Gasteiger charge is -2.45. The molecule has 2 unspecified atom stereocenters. The Morgan fingerprint density at radius 2 is 1.62 bits per heavy atom. The van der Waals surface area contributed by atoms with Crippen molar-refractivity contribution < 1.29 is 39.1 Å². The fourth-order valence-electron chi connectivity index (χ4n) is 5.47. The van der Waals surface area contributed by atoms with Crippen LogP contribution in [0, 0.1) is 5.92 Å². The standard InChI is InChI=1S/C25H25NO8/c1-13(2)12-26-22(28)20(27)19-21(14-9-10-17(32-3)18(11-14)33-4)34-25(31)16-8-6-5-7-15(16)24(29,30)23(19,25)26/h5-11,13,29-31H,12H2,1-4H3. The van der Waals surface area contributed by atoms with Gasteiger partial charge in [0.15, 0.2) is 11.5 Å². The van der Waals surface area contributed by atoms with Crippen molar-refractivity contribution in [2.75, 3.05) is 20.8 Å².